The lowest BCUT2D eigenvalue weighted by molar-refractivity contribution is -0.143. The van der Waals surface area contributed by atoms with Crippen molar-refractivity contribution in [3.05, 3.63) is 70.8 Å². The molecule has 0 saturated carbocycles. The van der Waals surface area contributed by atoms with Crippen LogP contribution in [0.3, 0.4) is 0 Å². The zero-order chi connectivity index (χ0) is 23.3. The Balaban J connectivity index is 1.54. The van der Waals surface area contributed by atoms with E-state index in [2.05, 4.69) is 5.32 Å². The second kappa shape index (κ2) is 9.95. The number of carbonyl (C=O) groups excluding carboxylic acids is 3. The molecule has 3 amide bonds. The Morgan fingerprint density at radius 3 is 2.41 bits per heavy atom. The van der Waals surface area contributed by atoms with Crippen molar-refractivity contribution in [3.63, 3.8) is 0 Å². The number of carbonyl (C=O) groups is 3. The summed E-state index contributed by atoms with van der Waals surface area (Å²) < 4.78 is 37.0. The van der Waals surface area contributed by atoms with Crippen molar-refractivity contribution in [3.8, 4) is 0 Å². The third kappa shape index (κ3) is 5.94. The summed E-state index contributed by atoms with van der Waals surface area (Å²) in [5.74, 6) is -1.28. The minimum atomic E-state index is -4.26. The molecule has 32 heavy (non-hydrogen) atoms. The van der Waals surface area contributed by atoms with Gasteiger partial charge in [0, 0.05) is 18.7 Å². The van der Waals surface area contributed by atoms with Crippen molar-refractivity contribution >= 4 is 17.7 Å². The van der Waals surface area contributed by atoms with Crippen LogP contribution in [0.1, 0.15) is 43.1 Å². The summed E-state index contributed by atoms with van der Waals surface area (Å²) in [6.45, 7) is -0.409. The fourth-order valence-corrected chi connectivity index (χ4v) is 3.56. The maximum Gasteiger partial charge on any atom is 0.401 e. The predicted octanol–water partition coefficient (Wildman–Crippen LogP) is 3.14. The summed E-state index contributed by atoms with van der Waals surface area (Å²) in [4.78, 5) is 40.0. The van der Waals surface area contributed by atoms with Gasteiger partial charge in [0.15, 0.2) is 0 Å². The molecule has 0 aromatic heterocycles. The summed E-state index contributed by atoms with van der Waals surface area (Å²) in [7, 11) is 1.36. The van der Waals surface area contributed by atoms with Gasteiger partial charge in [0.05, 0.1) is 17.7 Å². The number of fused-ring (bicyclic) bond motifs is 1. The standard InChI is InChI=1S/C23H24F3N3O3/c1-28(15-23(24,25)26)12-5-11-27-20(30)17-8-9-18-19(14-17)22(32)29(21(18)31)13-10-16-6-3-2-4-7-16/h2-4,6-9,14H,5,10-13,15H2,1H3,(H,27,30). The van der Waals surface area contributed by atoms with E-state index < -0.39 is 24.5 Å². The number of hydrogen-bond donors (Lipinski definition) is 1. The number of alkyl halides is 3. The van der Waals surface area contributed by atoms with Gasteiger partial charge in [-0.2, -0.15) is 13.2 Å². The highest BCUT2D eigenvalue weighted by atomic mass is 19.4. The van der Waals surface area contributed by atoms with Crippen LogP contribution in [0.2, 0.25) is 0 Å². The van der Waals surface area contributed by atoms with Crippen molar-refractivity contribution in [1.82, 2.24) is 15.1 Å². The monoisotopic (exact) mass is 447 g/mol. The van der Waals surface area contributed by atoms with Gasteiger partial charge in [-0.3, -0.25) is 24.2 Å². The van der Waals surface area contributed by atoms with Gasteiger partial charge in [-0.1, -0.05) is 30.3 Å². The highest BCUT2D eigenvalue weighted by molar-refractivity contribution is 6.22. The van der Waals surface area contributed by atoms with E-state index in [0.29, 0.717) is 12.8 Å². The lowest BCUT2D eigenvalue weighted by Gasteiger charge is -2.18. The van der Waals surface area contributed by atoms with Crippen LogP contribution in [-0.4, -0.2) is 66.9 Å². The molecule has 0 radical (unpaired) electrons. The maximum atomic E-state index is 12.7. The van der Waals surface area contributed by atoms with Crippen molar-refractivity contribution in [2.45, 2.75) is 19.0 Å². The van der Waals surface area contributed by atoms with Gasteiger partial charge in [-0.25, -0.2) is 0 Å². The number of nitrogens with zero attached hydrogens (tertiary/aromatic N) is 2. The molecule has 0 aliphatic carbocycles. The first kappa shape index (κ1) is 23.5. The molecular weight excluding hydrogens is 423 g/mol. The average molecular weight is 447 g/mol. The van der Waals surface area contributed by atoms with Crippen LogP contribution in [0.4, 0.5) is 13.2 Å². The fourth-order valence-electron chi connectivity index (χ4n) is 3.56. The van der Waals surface area contributed by atoms with Crippen LogP contribution in [0.25, 0.3) is 0 Å². The Hall–Kier alpha value is -3.20. The predicted molar refractivity (Wildman–Crippen MR) is 112 cm³/mol. The number of nitrogens with one attached hydrogen (secondary N) is 1. The number of benzene rings is 2. The molecule has 2 aromatic carbocycles. The Labute approximate surface area is 184 Å². The second-order valence-electron chi connectivity index (χ2n) is 7.72. The van der Waals surface area contributed by atoms with Crippen LogP contribution < -0.4 is 5.32 Å². The van der Waals surface area contributed by atoms with Crippen molar-refractivity contribution in [2.24, 2.45) is 0 Å². The zero-order valence-corrected chi connectivity index (χ0v) is 17.6. The zero-order valence-electron chi connectivity index (χ0n) is 17.6. The quantitative estimate of drug-likeness (QED) is 0.474. The normalized spacial score (nSPS) is 13.6. The largest absolute Gasteiger partial charge is 0.401 e. The molecule has 6 nitrogen and oxygen atoms in total. The van der Waals surface area contributed by atoms with Crippen molar-refractivity contribution in [2.75, 3.05) is 33.2 Å². The minimum Gasteiger partial charge on any atom is -0.352 e. The molecule has 1 N–H and O–H groups in total. The van der Waals surface area contributed by atoms with Gasteiger partial charge >= 0.3 is 6.18 Å². The molecule has 1 aliphatic heterocycles. The lowest BCUT2D eigenvalue weighted by Crippen LogP contribution is -2.33. The van der Waals surface area contributed by atoms with Crippen LogP contribution in [0.15, 0.2) is 48.5 Å². The van der Waals surface area contributed by atoms with Crippen LogP contribution in [-0.2, 0) is 6.42 Å². The summed E-state index contributed by atoms with van der Waals surface area (Å²) in [5.41, 5.74) is 1.66. The fraction of sp³-hybridized carbons (Fsp3) is 0.348. The highest BCUT2D eigenvalue weighted by Gasteiger charge is 2.35. The third-order valence-corrected chi connectivity index (χ3v) is 5.15. The molecule has 0 unspecified atom stereocenters. The number of hydrogen-bond acceptors (Lipinski definition) is 4. The summed E-state index contributed by atoms with van der Waals surface area (Å²) in [6.07, 6.45) is -3.39. The molecule has 1 heterocycles. The van der Waals surface area contributed by atoms with Crippen molar-refractivity contribution in [1.29, 1.82) is 0 Å². The average Bonchev–Trinajstić information content (AvgIpc) is 2.98. The maximum absolute atomic E-state index is 12.7. The Morgan fingerprint density at radius 2 is 1.72 bits per heavy atom. The molecule has 0 saturated heterocycles. The highest BCUT2D eigenvalue weighted by Crippen LogP contribution is 2.24. The molecule has 0 bridgehead atoms. The number of imide groups is 1. The summed E-state index contributed by atoms with van der Waals surface area (Å²) in [6, 6.07) is 13.8. The summed E-state index contributed by atoms with van der Waals surface area (Å²) >= 11 is 0. The van der Waals surface area contributed by atoms with Gasteiger partial charge in [0.25, 0.3) is 17.7 Å². The Bertz CT molecular complexity index is 993. The first-order valence-electron chi connectivity index (χ1n) is 10.2. The molecule has 1 aliphatic rings. The first-order valence-corrected chi connectivity index (χ1v) is 10.2. The van der Waals surface area contributed by atoms with E-state index in [-0.39, 0.29) is 42.2 Å². The number of rotatable bonds is 9. The summed E-state index contributed by atoms with van der Waals surface area (Å²) in [5, 5.41) is 2.64. The molecular formula is C23H24F3N3O3. The Kier molecular flexibility index (Phi) is 7.29. The molecule has 0 fully saturated rings. The van der Waals surface area contributed by atoms with E-state index in [1.54, 1.807) is 0 Å². The molecule has 0 spiro atoms. The van der Waals surface area contributed by atoms with E-state index >= 15 is 0 Å². The molecule has 2 aromatic rings. The molecule has 9 heteroatoms. The minimum absolute atomic E-state index is 0.174. The number of amides is 3. The van der Waals surface area contributed by atoms with Crippen LogP contribution in [0, 0.1) is 0 Å². The SMILES string of the molecule is CN(CCCNC(=O)c1ccc2c(c1)C(=O)N(CCc1ccccc1)C2=O)CC(F)(F)F. The second-order valence-corrected chi connectivity index (χ2v) is 7.72. The third-order valence-electron chi connectivity index (χ3n) is 5.15. The van der Waals surface area contributed by atoms with Gasteiger partial charge in [0.2, 0.25) is 0 Å². The molecule has 3 rings (SSSR count). The van der Waals surface area contributed by atoms with E-state index in [9.17, 15) is 27.6 Å². The molecule has 0 atom stereocenters. The lowest BCUT2D eigenvalue weighted by atomic mass is 10.1. The van der Waals surface area contributed by atoms with Gasteiger partial charge in [-0.15, -0.1) is 0 Å². The van der Waals surface area contributed by atoms with E-state index in [0.717, 1.165) is 10.5 Å². The van der Waals surface area contributed by atoms with E-state index in [1.807, 2.05) is 30.3 Å². The van der Waals surface area contributed by atoms with Crippen LogP contribution >= 0.6 is 0 Å². The van der Waals surface area contributed by atoms with E-state index in [4.69, 9.17) is 0 Å². The topological polar surface area (TPSA) is 69.7 Å². The molecule has 170 valence electrons. The van der Waals surface area contributed by atoms with Crippen LogP contribution in [0.5, 0.6) is 0 Å². The Morgan fingerprint density at radius 1 is 1.03 bits per heavy atom. The van der Waals surface area contributed by atoms with Gasteiger partial charge < -0.3 is 5.32 Å². The van der Waals surface area contributed by atoms with Crippen molar-refractivity contribution < 1.29 is 27.6 Å². The first-order chi connectivity index (χ1) is 15.2. The smallest absolute Gasteiger partial charge is 0.352 e. The van der Waals surface area contributed by atoms with E-state index in [1.165, 1.54) is 30.1 Å². The van der Waals surface area contributed by atoms with Gasteiger partial charge in [-0.05, 0) is 50.2 Å². The van der Waals surface area contributed by atoms with Gasteiger partial charge in [0.1, 0.15) is 0 Å². The number of halogens is 3.